The Balaban J connectivity index is -0.000000301. The topological polar surface area (TPSA) is 134 Å². The van der Waals surface area contributed by atoms with E-state index in [1.54, 1.807) is 41.5 Å². The van der Waals surface area contributed by atoms with Gasteiger partial charge in [0.2, 0.25) is 0 Å². The van der Waals surface area contributed by atoms with Crippen molar-refractivity contribution in [3.05, 3.63) is 0 Å². The Morgan fingerprint density at radius 2 is 0.881 bits per heavy atom. The van der Waals surface area contributed by atoms with Crippen molar-refractivity contribution >= 4 is 64.6 Å². The van der Waals surface area contributed by atoms with Crippen LogP contribution in [0.3, 0.4) is 0 Å². The molecule has 0 radical (unpaired) electrons. The van der Waals surface area contributed by atoms with Gasteiger partial charge in [0.1, 0.15) is 23.3 Å². The molecule has 2 N–H and O–H groups in total. The van der Waals surface area contributed by atoms with E-state index in [2.05, 4.69) is 0 Å². The number of fused-ring (bicyclic) bond motifs is 2. The number of ether oxygens (including phenoxy) is 2. The van der Waals surface area contributed by atoms with Gasteiger partial charge in [0.15, 0.2) is 0 Å². The number of carboxylic acid groups (broad SMARTS) is 2. The summed E-state index contributed by atoms with van der Waals surface area (Å²) in [6.45, 7) is 11.8. The maximum atomic E-state index is 12.0. The van der Waals surface area contributed by atoms with E-state index in [0.29, 0.717) is 24.9 Å². The molecule has 10 nitrogen and oxygen atoms in total. The zero-order valence-corrected chi connectivity index (χ0v) is 26.9. The molecule has 252 valence electrons. The summed E-state index contributed by atoms with van der Waals surface area (Å²) in [6, 6.07) is -1.40. The predicted octanol–water partition coefficient (Wildman–Crippen LogP) is 6.46. The average Bonchev–Trinajstić information content (AvgIpc) is 3.44. The first-order chi connectivity index (χ1) is 16.6. The number of carboxylic acids is 2. The maximum absolute atomic E-state index is 12.0. The first-order valence-electron chi connectivity index (χ1n) is 13.0. The summed E-state index contributed by atoms with van der Waals surface area (Å²) in [5, 5.41) is 18.7. The number of likely N-dealkylation sites (tertiary alicyclic amines) is 2. The molecule has 0 spiro atoms. The lowest BCUT2D eigenvalue weighted by Gasteiger charge is -2.28. The van der Waals surface area contributed by atoms with Gasteiger partial charge < -0.3 is 19.7 Å². The minimum Gasteiger partial charge on any atom is -0.480 e. The molecule has 0 aromatic rings. The fraction of sp³-hybridized carbons (Fsp3) is 0.862. The quantitative estimate of drug-likeness (QED) is 0.345. The van der Waals surface area contributed by atoms with E-state index in [4.69, 9.17) is 9.47 Å². The van der Waals surface area contributed by atoms with Gasteiger partial charge in [-0.15, -0.1) is 0 Å². The minimum atomic E-state index is -0.907. The SMILES string of the molecule is C.C.C.CC(C)(C)OC(=O)N1C[C@@H]2CCC[C@@H]2[C@H]1C(=O)O.CC(C)(C)OC(=O)N1C[C@H]2CCC[C@H]2[C@@H]1C(=O)O.S.S.S. The van der Waals surface area contributed by atoms with Gasteiger partial charge in [0.05, 0.1) is 0 Å². The highest BCUT2D eigenvalue weighted by Gasteiger charge is 2.51. The molecule has 0 aromatic carbocycles. The van der Waals surface area contributed by atoms with Crippen LogP contribution >= 0.6 is 40.5 Å². The molecule has 2 saturated carbocycles. The second-order valence-corrected chi connectivity index (χ2v) is 12.5. The molecule has 4 aliphatic rings. The van der Waals surface area contributed by atoms with Gasteiger partial charge in [-0.25, -0.2) is 19.2 Å². The Morgan fingerprint density at radius 1 is 0.595 bits per heavy atom. The van der Waals surface area contributed by atoms with Crippen LogP contribution in [0.15, 0.2) is 0 Å². The largest absolute Gasteiger partial charge is 0.480 e. The monoisotopic (exact) mass is 660 g/mol. The fourth-order valence-electron chi connectivity index (χ4n) is 6.26. The maximum Gasteiger partial charge on any atom is 0.411 e. The Bertz CT molecular complexity index is 808. The van der Waals surface area contributed by atoms with Gasteiger partial charge in [-0.05, 0) is 90.9 Å². The second kappa shape index (κ2) is 18.4. The van der Waals surface area contributed by atoms with E-state index in [1.165, 1.54) is 9.80 Å². The molecule has 4 rings (SSSR count). The average molecular weight is 661 g/mol. The zero-order chi connectivity index (χ0) is 27.0. The summed E-state index contributed by atoms with van der Waals surface area (Å²) in [4.78, 5) is 49.7. The summed E-state index contributed by atoms with van der Waals surface area (Å²) in [7, 11) is 0. The van der Waals surface area contributed by atoms with E-state index < -0.39 is 47.4 Å². The van der Waals surface area contributed by atoms with Crippen LogP contribution in [-0.4, -0.2) is 80.5 Å². The smallest absolute Gasteiger partial charge is 0.411 e. The van der Waals surface area contributed by atoms with Gasteiger partial charge in [0, 0.05) is 13.1 Å². The van der Waals surface area contributed by atoms with Crippen molar-refractivity contribution in [1.82, 2.24) is 9.80 Å². The first kappa shape index (κ1) is 47.5. The molecule has 0 aromatic heterocycles. The van der Waals surface area contributed by atoms with Crippen LogP contribution in [0.25, 0.3) is 0 Å². The van der Waals surface area contributed by atoms with Gasteiger partial charge in [0.25, 0.3) is 0 Å². The second-order valence-electron chi connectivity index (χ2n) is 12.5. The molecule has 0 bridgehead atoms. The number of nitrogens with zero attached hydrogens (tertiary/aromatic N) is 2. The van der Waals surface area contributed by atoms with E-state index in [9.17, 15) is 29.4 Å². The molecular weight excluding hydrogens is 601 g/mol. The van der Waals surface area contributed by atoms with Gasteiger partial charge >= 0.3 is 24.1 Å². The number of hydrogen-bond acceptors (Lipinski definition) is 6. The number of rotatable bonds is 2. The van der Waals surface area contributed by atoms with Crippen molar-refractivity contribution in [2.75, 3.05) is 13.1 Å². The van der Waals surface area contributed by atoms with Crippen LogP contribution < -0.4 is 0 Å². The molecule has 6 atom stereocenters. The Morgan fingerprint density at radius 3 is 1.12 bits per heavy atom. The third kappa shape index (κ3) is 11.6. The Kier molecular flexibility index (Phi) is 20.8. The van der Waals surface area contributed by atoms with Crippen molar-refractivity contribution in [2.24, 2.45) is 23.7 Å². The van der Waals surface area contributed by atoms with Crippen LogP contribution in [-0.2, 0) is 19.1 Å². The number of carbonyl (C=O) groups excluding carboxylic acids is 2. The third-order valence-corrected chi connectivity index (χ3v) is 7.54. The van der Waals surface area contributed by atoms with Crippen LogP contribution in [0.1, 0.15) is 102 Å². The Hall–Kier alpha value is -1.47. The summed E-state index contributed by atoms with van der Waals surface area (Å²) in [5.41, 5.74) is -1.17. The molecule has 2 heterocycles. The van der Waals surface area contributed by atoms with Crippen LogP contribution in [0, 0.1) is 23.7 Å². The molecule has 2 amide bonds. The predicted molar refractivity (Wildman–Crippen MR) is 182 cm³/mol. The van der Waals surface area contributed by atoms with Crippen molar-refractivity contribution in [1.29, 1.82) is 0 Å². The lowest BCUT2D eigenvalue weighted by Crippen LogP contribution is -2.45. The molecule has 42 heavy (non-hydrogen) atoms. The molecule has 4 fully saturated rings. The van der Waals surface area contributed by atoms with Crippen molar-refractivity contribution in [3.8, 4) is 0 Å². The molecular formula is C29H60N2O8S3. The lowest BCUT2D eigenvalue weighted by molar-refractivity contribution is -0.144. The normalized spacial score (nSPS) is 26.8. The molecule has 2 aliphatic carbocycles. The summed E-state index contributed by atoms with van der Waals surface area (Å²) < 4.78 is 10.6. The van der Waals surface area contributed by atoms with Crippen molar-refractivity contribution < 1.29 is 38.9 Å². The van der Waals surface area contributed by atoms with Crippen LogP contribution in [0.2, 0.25) is 0 Å². The minimum absolute atomic E-state index is 0. The van der Waals surface area contributed by atoms with Gasteiger partial charge in [-0.1, -0.05) is 35.1 Å². The highest BCUT2D eigenvalue weighted by Crippen LogP contribution is 2.43. The summed E-state index contributed by atoms with van der Waals surface area (Å²) in [5.74, 6) is -0.937. The fourth-order valence-corrected chi connectivity index (χ4v) is 6.26. The van der Waals surface area contributed by atoms with E-state index in [-0.39, 0.29) is 74.6 Å². The van der Waals surface area contributed by atoms with E-state index in [0.717, 1.165) is 38.5 Å². The van der Waals surface area contributed by atoms with E-state index >= 15 is 0 Å². The number of carbonyl (C=O) groups is 4. The summed E-state index contributed by atoms with van der Waals surface area (Å²) >= 11 is 0. The first-order valence-corrected chi connectivity index (χ1v) is 13.0. The lowest BCUT2D eigenvalue weighted by atomic mass is 9.94. The van der Waals surface area contributed by atoms with Gasteiger partial charge in [-0.3, -0.25) is 9.80 Å². The van der Waals surface area contributed by atoms with Gasteiger partial charge in [-0.2, -0.15) is 40.5 Å². The number of hydrogen-bond donors (Lipinski definition) is 2. The molecule has 0 unspecified atom stereocenters. The number of aliphatic carboxylic acids is 2. The molecule has 2 aliphatic heterocycles. The molecule has 13 heteroatoms. The van der Waals surface area contributed by atoms with Crippen LogP contribution in [0.5, 0.6) is 0 Å². The molecule has 2 saturated heterocycles. The van der Waals surface area contributed by atoms with E-state index in [1.807, 2.05) is 0 Å². The Labute approximate surface area is 275 Å². The van der Waals surface area contributed by atoms with Crippen LogP contribution in [0.4, 0.5) is 9.59 Å². The highest BCUT2D eigenvalue weighted by atomic mass is 32.1. The highest BCUT2D eigenvalue weighted by molar-refractivity contribution is 7.59. The van der Waals surface area contributed by atoms with Crippen molar-refractivity contribution in [2.45, 2.75) is 126 Å². The summed E-state index contributed by atoms with van der Waals surface area (Å²) in [6.07, 6.45) is 5.00. The van der Waals surface area contributed by atoms with Crippen molar-refractivity contribution in [3.63, 3.8) is 0 Å². The zero-order valence-electron chi connectivity index (χ0n) is 23.9. The standard InChI is InChI=1S/2C13H21NO4.3CH4.3H2S/c2*1-13(2,3)18-12(17)14-7-8-5-4-6-9(8)10(14)11(15)16;;;;;;/h2*8-10H,4-7H2,1-3H3,(H,15,16);3*1H4;3*1H2/t2*8-,9-,10-;;;;;;/m10....../s1. The number of amides is 2. The third-order valence-electron chi connectivity index (χ3n) is 7.54.